The van der Waals surface area contributed by atoms with E-state index < -0.39 is 11.4 Å². The number of aliphatic carboxylic acids is 1. The first-order valence-electron chi connectivity index (χ1n) is 5.30. The van der Waals surface area contributed by atoms with Crippen LogP contribution >= 0.6 is 11.8 Å². The second kappa shape index (κ2) is 6.38. The van der Waals surface area contributed by atoms with Gasteiger partial charge in [0, 0.05) is 5.25 Å². The van der Waals surface area contributed by atoms with Crippen LogP contribution in [0.3, 0.4) is 0 Å². The molecule has 3 nitrogen and oxygen atoms in total. The average Bonchev–Trinajstić information content (AvgIpc) is 2.11. The molecule has 0 fully saturated rings. The molecule has 0 aromatic carbocycles. The van der Waals surface area contributed by atoms with Crippen LogP contribution in [-0.2, 0) is 4.79 Å². The number of aliphatic hydroxyl groups excluding tert-OH is 1. The van der Waals surface area contributed by atoms with Crippen molar-refractivity contribution in [2.24, 2.45) is 5.41 Å². The third-order valence-corrected chi connectivity index (χ3v) is 4.03. The summed E-state index contributed by atoms with van der Waals surface area (Å²) in [6, 6.07) is 0. The second-order valence-corrected chi connectivity index (χ2v) is 6.09. The number of carbonyl (C=O) groups is 1. The van der Waals surface area contributed by atoms with Crippen LogP contribution in [0.4, 0.5) is 0 Å². The van der Waals surface area contributed by atoms with Gasteiger partial charge in [-0.1, -0.05) is 6.92 Å². The van der Waals surface area contributed by atoms with Crippen LogP contribution in [0.25, 0.3) is 0 Å². The van der Waals surface area contributed by atoms with Crippen molar-refractivity contribution in [3.63, 3.8) is 0 Å². The first kappa shape index (κ1) is 14.8. The molecule has 0 bridgehead atoms. The van der Waals surface area contributed by atoms with Gasteiger partial charge in [-0.2, -0.15) is 11.8 Å². The minimum atomic E-state index is -0.740. The van der Waals surface area contributed by atoms with Crippen molar-refractivity contribution in [3.05, 3.63) is 0 Å². The minimum absolute atomic E-state index is 0.220. The highest BCUT2D eigenvalue weighted by Gasteiger charge is 2.26. The van der Waals surface area contributed by atoms with E-state index in [1.807, 2.05) is 6.92 Å². The quantitative estimate of drug-likeness (QED) is 0.664. The summed E-state index contributed by atoms with van der Waals surface area (Å²) in [6.07, 6.45) is 1.26. The van der Waals surface area contributed by atoms with Crippen LogP contribution in [0, 0.1) is 5.41 Å². The van der Waals surface area contributed by atoms with E-state index in [4.69, 9.17) is 5.11 Å². The molecule has 0 saturated carbocycles. The molecule has 0 aliphatic carbocycles. The van der Waals surface area contributed by atoms with Gasteiger partial charge in [0.1, 0.15) is 0 Å². The standard InChI is InChI=1S/C11H22O3S/c1-8(12)9(2)15-7-5-6-11(3,4)10(13)14/h8-9,12H,5-7H2,1-4H3,(H,13,14). The van der Waals surface area contributed by atoms with Crippen LogP contribution in [0.15, 0.2) is 0 Å². The Morgan fingerprint density at radius 1 is 1.40 bits per heavy atom. The highest BCUT2D eigenvalue weighted by Crippen LogP contribution is 2.25. The molecule has 90 valence electrons. The highest BCUT2D eigenvalue weighted by atomic mass is 32.2. The predicted molar refractivity (Wildman–Crippen MR) is 64.3 cm³/mol. The maximum absolute atomic E-state index is 10.8. The topological polar surface area (TPSA) is 57.5 Å². The summed E-state index contributed by atoms with van der Waals surface area (Å²) in [6.45, 7) is 7.26. The van der Waals surface area contributed by atoms with Gasteiger partial charge in [-0.05, 0) is 39.4 Å². The Balaban J connectivity index is 3.68. The number of carboxylic acid groups (broad SMARTS) is 1. The van der Waals surface area contributed by atoms with Crippen LogP contribution < -0.4 is 0 Å². The number of aliphatic hydroxyl groups is 1. The third kappa shape index (κ3) is 6.05. The van der Waals surface area contributed by atoms with Gasteiger partial charge in [0.05, 0.1) is 11.5 Å². The largest absolute Gasteiger partial charge is 0.481 e. The minimum Gasteiger partial charge on any atom is -0.481 e. The zero-order valence-corrected chi connectivity index (χ0v) is 10.8. The van der Waals surface area contributed by atoms with E-state index >= 15 is 0 Å². The molecule has 0 rings (SSSR count). The molecule has 0 radical (unpaired) electrons. The lowest BCUT2D eigenvalue weighted by Crippen LogP contribution is -2.23. The van der Waals surface area contributed by atoms with Crippen LogP contribution in [0.2, 0.25) is 0 Å². The first-order chi connectivity index (χ1) is 6.77. The van der Waals surface area contributed by atoms with Gasteiger partial charge in [0.25, 0.3) is 0 Å². The molecule has 2 unspecified atom stereocenters. The summed E-state index contributed by atoms with van der Waals surface area (Å²) in [7, 11) is 0. The van der Waals surface area contributed by atoms with Crippen molar-refractivity contribution >= 4 is 17.7 Å². The van der Waals surface area contributed by atoms with Crippen molar-refractivity contribution in [2.45, 2.75) is 51.9 Å². The fraction of sp³-hybridized carbons (Fsp3) is 0.909. The third-order valence-electron chi connectivity index (χ3n) is 2.59. The monoisotopic (exact) mass is 234 g/mol. The SMILES string of the molecule is CC(O)C(C)SCCCC(C)(C)C(=O)O. The van der Waals surface area contributed by atoms with Crippen molar-refractivity contribution in [2.75, 3.05) is 5.75 Å². The molecule has 2 N–H and O–H groups in total. The molecule has 0 aliphatic rings. The van der Waals surface area contributed by atoms with Crippen LogP contribution in [0.5, 0.6) is 0 Å². The van der Waals surface area contributed by atoms with Gasteiger partial charge in [-0.25, -0.2) is 0 Å². The van der Waals surface area contributed by atoms with Gasteiger partial charge < -0.3 is 10.2 Å². The lowest BCUT2D eigenvalue weighted by Gasteiger charge is -2.19. The van der Waals surface area contributed by atoms with Gasteiger partial charge in [-0.3, -0.25) is 4.79 Å². The zero-order valence-electron chi connectivity index (χ0n) is 9.99. The smallest absolute Gasteiger partial charge is 0.309 e. The number of rotatable bonds is 7. The number of carboxylic acids is 1. The van der Waals surface area contributed by atoms with Gasteiger partial charge in [0.2, 0.25) is 0 Å². The molecule has 0 spiro atoms. The normalized spacial score (nSPS) is 16.1. The lowest BCUT2D eigenvalue weighted by atomic mass is 9.88. The van der Waals surface area contributed by atoms with Crippen molar-refractivity contribution in [1.82, 2.24) is 0 Å². The Morgan fingerprint density at radius 3 is 2.33 bits per heavy atom. The fourth-order valence-corrected chi connectivity index (χ4v) is 1.99. The highest BCUT2D eigenvalue weighted by molar-refractivity contribution is 7.99. The Bertz CT molecular complexity index is 202. The maximum atomic E-state index is 10.8. The molecule has 2 atom stereocenters. The van der Waals surface area contributed by atoms with Crippen LogP contribution in [-0.4, -0.2) is 33.3 Å². The summed E-state index contributed by atoms with van der Waals surface area (Å²) in [5.41, 5.74) is -0.630. The summed E-state index contributed by atoms with van der Waals surface area (Å²) in [5.74, 6) is 0.166. The molecule has 15 heavy (non-hydrogen) atoms. The van der Waals surface area contributed by atoms with E-state index in [2.05, 4.69) is 0 Å². The number of hydrogen-bond acceptors (Lipinski definition) is 3. The second-order valence-electron chi connectivity index (χ2n) is 4.61. The lowest BCUT2D eigenvalue weighted by molar-refractivity contribution is -0.147. The molecule has 0 aromatic heterocycles. The first-order valence-corrected chi connectivity index (χ1v) is 6.35. The summed E-state index contributed by atoms with van der Waals surface area (Å²) in [5, 5.41) is 18.4. The van der Waals surface area contributed by atoms with E-state index in [1.54, 1.807) is 32.5 Å². The molecule has 0 aromatic rings. The Kier molecular flexibility index (Phi) is 6.29. The molecule has 0 heterocycles. The zero-order chi connectivity index (χ0) is 12.1. The molecule has 4 heteroatoms. The maximum Gasteiger partial charge on any atom is 0.309 e. The van der Waals surface area contributed by atoms with Crippen LogP contribution in [0.1, 0.15) is 40.5 Å². The van der Waals surface area contributed by atoms with Crippen molar-refractivity contribution < 1.29 is 15.0 Å². The number of hydrogen-bond donors (Lipinski definition) is 2. The Labute approximate surface area is 96.3 Å². The molecular weight excluding hydrogens is 212 g/mol. The van der Waals surface area contributed by atoms with Gasteiger partial charge >= 0.3 is 5.97 Å². The van der Waals surface area contributed by atoms with Crippen molar-refractivity contribution in [1.29, 1.82) is 0 Å². The summed E-state index contributed by atoms with van der Waals surface area (Å²) in [4.78, 5) is 10.8. The van der Waals surface area contributed by atoms with E-state index in [9.17, 15) is 9.90 Å². The molecule has 0 amide bonds. The van der Waals surface area contributed by atoms with E-state index in [1.165, 1.54) is 0 Å². The fourth-order valence-electron chi connectivity index (χ4n) is 1.03. The van der Waals surface area contributed by atoms with E-state index in [-0.39, 0.29) is 11.4 Å². The van der Waals surface area contributed by atoms with Crippen molar-refractivity contribution in [3.8, 4) is 0 Å². The Hall–Kier alpha value is -0.220. The van der Waals surface area contributed by atoms with E-state index in [0.29, 0.717) is 6.42 Å². The molecule has 0 aliphatic heterocycles. The van der Waals surface area contributed by atoms with Gasteiger partial charge in [-0.15, -0.1) is 0 Å². The molecule has 0 saturated heterocycles. The Morgan fingerprint density at radius 2 is 1.93 bits per heavy atom. The van der Waals surface area contributed by atoms with Gasteiger partial charge in [0.15, 0.2) is 0 Å². The molecular formula is C11H22O3S. The average molecular weight is 234 g/mol. The predicted octanol–water partition coefficient (Wildman–Crippen LogP) is 2.38. The summed E-state index contributed by atoms with van der Waals surface area (Å²) >= 11 is 1.69. The number of thioether (sulfide) groups is 1. The summed E-state index contributed by atoms with van der Waals surface area (Å²) < 4.78 is 0. The van der Waals surface area contributed by atoms with E-state index in [0.717, 1.165) is 12.2 Å².